The second-order valence-corrected chi connectivity index (χ2v) is 10.8. The van der Waals surface area contributed by atoms with Crippen molar-refractivity contribution in [2.75, 3.05) is 13.6 Å². The molecule has 0 bridgehead atoms. The Hall–Kier alpha value is -2.71. The summed E-state index contributed by atoms with van der Waals surface area (Å²) in [5.41, 5.74) is 3.72. The summed E-state index contributed by atoms with van der Waals surface area (Å²) >= 11 is 1.49. The lowest BCUT2D eigenvalue weighted by Gasteiger charge is -2.35. The molecule has 8 heteroatoms. The lowest BCUT2D eigenvalue weighted by molar-refractivity contribution is 0.0845. The van der Waals surface area contributed by atoms with Gasteiger partial charge in [-0.3, -0.25) is 9.59 Å². The molecular weight excluding hydrogens is 434 g/mol. The highest BCUT2D eigenvalue weighted by Crippen LogP contribution is 2.27. The Bertz CT molecular complexity index is 1200. The van der Waals surface area contributed by atoms with Crippen LogP contribution >= 0.6 is 11.3 Å². The van der Waals surface area contributed by atoms with E-state index >= 15 is 0 Å². The fraction of sp³-hybridized carbons (Fsp3) is 0.480. The first kappa shape index (κ1) is 22.1. The quantitative estimate of drug-likeness (QED) is 0.549. The van der Waals surface area contributed by atoms with E-state index in [1.165, 1.54) is 16.2 Å². The number of fused-ring (bicyclic) bond motifs is 2. The van der Waals surface area contributed by atoms with Gasteiger partial charge in [0.25, 0.3) is 11.8 Å². The second kappa shape index (κ2) is 8.91. The van der Waals surface area contributed by atoms with Gasteiger partial charge in [-0.15, -0.1) is 11.3 Å². The van der Waals surface area contributed by atoms with Crippen LogP contribution in [0.5, 0.6) is 0 Å². The van der Waals surface area contributed by atoms with E-state index in [-0.39, 0.29) is 23.9 Å². The molecule has 5 rings (SSSR count). The van der Waals surface area contributed by atoms with Crippen LogP contribution in [0.2, 0.25) is 0 Å². The summed E-state index contributed by atoms with van der Waals surface area (Å²) in [6.07, 6.45) is 3.61. The van der Waals surface area contributed by atoms with E-state index in [9.17, 15) is 9.59 Å². The van der Waals surface area contributed by atoms with Gasteiger partial charge in [0, 0.05) is 47.4 Å². The van der Waals surface area contributed by atoms with Crippen molar-refractivity contribution in [3.63, 3.8) is 0 Å². The van der Waals surface area contributed by atoms with Crippen molar-refractivity contribution < 1.29 is 9.59 Å². The number of H-pyrrole nitrogens is 1. The minimum atomic E-state index is -0.130. The van der Waals surface area contributed by atoms with Crippen LogP contribution in [-0.4, -0.2) is 52.4 Å². The first-order chi connectivity index (χ1) is 15.9. The smallest absolute Gasteiger partial charge is 0.280 e. The fourth-order valence-electron chi connectivity index (χ4n) is 4.98. The Kier molecular flexibility index (Phi) is 5.97. The molecule has 3 N–H and O–H groups in total. The third-order valence-corrected chi connectivity index (χ3v) is 7.96. The average molecular weight is 466 g/mol. The minimum Gasteiger partial charge on any atom is -0.351 e. The van der Waals surface area contributed by atoms with Gasteiger partial charge in [-0.25, -0.2) is 4.98 Å². The molecule has 3 aromatic rings. The van der Waals surface area contributed by atoms with Crippen molar-refractivity contribution >= 4 is 34.1 Å². The molecule has 3 heterocycles. The molecule has 0 unspecified atom stereocenters. The van der Waals surface area contributed by atoms with Crippen LogP contribution in [0.15, 0.2) is 24.3 Å². The van der Waals surface area contributed by atoms with Gasteiger partial charge in [-0.2, -0.15) is 0 Å². The van der Waals surface area contributed by atoms with E-state index in [1.807, 2.05) is 25.1 Å². The van der Waals surface area contributed by atoms with Crippen molar-refractivity contribution in [1.82, 2.24) is 25.5 Å². The molecule has 1 fully saturated rings. The monoisotopic (exact) mass is 465 g/mol. The first-order valence-electron chi connectivity index (χ1n) is 11.7. The predicted octanol–water partition coefficient (Wildman–Crippen LogP) is 3.64. The highest BCUT2D eigenvalue weighted by Gasteiger charge is 2.32. The van der Waals surface area contributed by atoms with Crippen molar-refractivity contribution in [3.05, 3.63) is 51.1 Å². The van der Waals surface area contributed by atoms with Crippen molar-refractivity contribution in [2.24, 2.45) is 5.92 Å². The molecule has 1 aliphatic heterocycles. The summed E-state index contributed by atoms with van der Waals surface area (Å²) in [5, 5.41) is 7.94. The molecule has 1 saturated carbocycles. The van der Waals surface area contributed by atoms with E-state index in [2.05, 4.69) is 45.5 Å². The molecule has 2 amide bonds. The number of amides is 2. The van der Waals surface area contributed by atoms with Gasteiger partial charge in [0.2, 0.25) is 0 Å². The lowest BCUT2D eigenvalue weighted by atomic mass is 9.83. The predicted molar refractivity (Wildman–Crippen MR) is 131 cm³/mol. The van der Waals surface area contributed by atoms with Gasteiger partial charge in [-0.1, -0.05) is 18.6 Å². The van der Waals surface area contributed by atoms with E-state index in [0.29, 0.717) is 16.6 Å². The Morgan fingerprint density at radius 3 is 2.82 bits per heavy atom. The van der Waals surface area contributed by atoms with Crippen LogP contribution in [0, 0.1) is 12.8 Å². The van der Waals surface area contributed by atoms with E-state index in [1.54, 1.807) is 0 Å². The standard InChI is InChI=1S/C25H31N5O2S/c1-14-4-6-17-16(10-14)12-21(26-17)23(31)28-20-11-15(2)5-7-18(20)27-24(32)25-29-19-8-9-30(3)13-22(19)33-25/h4,6,10,12,15,18,20,26H,5,7-9,11,13H2,1-3H3,(H,27,32)(H,28,31)/t15-,18+,20-/m0/s1. The Morgan fingerprint density at radius 2 is 1.97 bits per heavy atom. The van der Waals surface area contributed by atoms with E-state index in [4.69, 9.17) is 0 Å². The summed E-state index contributed by atoms with van der Waals surface area (Å²) in [6, 6.07) is 7.78. The summed E-state index contributed by atoms with van der Waals surface area (Å²) in [6.45, 7) is 6.07. The molecule has 0 saturated heterocycles. The van der Waals surface area contributed by atoms with Crippen LogP contribution in [0.3, 0.4) is 0 Å². The third kappa shape index (κ3) is 4.68. The fourth-order valence-corrected chi connectivity index (χ4v) is 6.08. The molecule has 7 nitrogen and oxygen atoms in total. The van der Waals surface area contributed by atoms with Crippen LogP contribution in [0.1, 0.15) is 62.6 Å². The van der Waals surface area contributed by atoms with Gasteiger partial charge in [0.05, 0.1) is 5.69 Å². The van der Waals surface area contributed by atoms with Crippen molar-refractivity contribution in [1.29, 1.82) is 0 Å². The summed E-state index contributed by atoms with van der Waals surface area (Å²) in [4.78, 5) is 37.4. The number of hydrogen-bond acceptors (Lipinski definition) is 5. The number of nitrogens with zero attached hydrogens (tertiary/aromatic N) is 2. The number of rotatable bonds is 4. The van der Waals surface area contributed by atoms with Gasteiger partial charge in [-0.05, 0) is 57.4 Å². The Morgan fingerprint density at radius 1 is 1.15 bits per heavy atom. The molecule has 174 valence electrons. The molecule has 1 aromatic carbocycles. The van der Waals surface area contributed by atoms with Gasteiger partial charge >= 0.3 is 0 Å². The minimum absolute atomic E-state index is 0.104. The molecule has 0 spiro atoms. The van der Waals surface area contributed by atoms with Crippen LogP contribution in [0.4, 0.5) is 0 Å². The molecule has 2 aliphatic rings. The highest BCUT2D eigenvalue weighted by molar-refractivity contribution is 7.13. The zero-order chi connectivity index (χ0) is 23.1. The number of thiazole rings is 1. The molecule has 3 atom stereocenters. The third-order valence-electron chi connectivity index (χ3n) is 6.88. The molecule has 0 radical (unpaired) electrons. The topological polar surface area (TPSA) is 90.1 Å². The molecule has 33 heavy (non-hydrogen) atoms. The SMILES string of the molecule is Cc1ccc2[nH]c(C(=O)N[C@H]3C[C@@H](C)CC[C@H]3NC(=O)c3nc4c(s3)CN(C)CC4)cc2c1. The Labute approximate surface area is 198 Å². The maximum atomic E-state index is 13.1. The van der Waals surface area contributed by atoms with Crippen molar-refractivity contribution in [2.45, 2.75) is 58.2 Å². The number of nitrogens with one attached hydrogen (secondary N) is 3. The van der Waals surface area contributed by atoms with Gasteiger partial charge < -0.3 is 20.5 Å². The number of aromatic nitrogens is 2. The normalized spacial score (nSPS) is 23.3. The number of likely N-dealkylation sites (N-methyl/N-ethyl adjacent to an activating group) is 1. The van der Waals surface area contributed by atoms with Crippen LogP contribution < -0.4 is 10.6 Å². The van der Waals surface area contributed by atoms with Gasteiger partial charge in [0.15, 0.2) is 5.01 Å². The van der Waals surface area contributed by atoms with E-state index in [0.717, 1.165) is 60.9 Å². The number of hydrogen-bond donors (Lipinski definition) is 3. The zero-order valence-corrected chi connectivity index (χ0v) is 20.2. The lowest BCUT2D eigenvalue weighted by Crippen LogP contribution is -2.54. The summed E-state index contributed by atoms with van der Waals surface area (Å²) in [5.74, 6) is 0.239. The number of carbonyl (C=O) groups excluding carboxylic acids is 2. The highest BCUT2D eigenvalue weighted by atomic mass is 32.1. The van der Waals surface area contributed by atoms with Crippen molar-refractivity contribution in [3.8, 4) is 0 Å². The van der Waals surface area contributed by atoms with E-state index < -0.39 is 0 Å². The zero-order valence-electron chi connectivity index (χ0n) is 19.4. The summed E-state index contributed by atoms with van der Waals surface area (Å²) in [7, 11) is 2.09. The molecule has 1 aliphatic carbocycles. The summed E-state index contributed by atoms with van der Waals surface area (Å²) < 4.78 is 0. The maximum absolute atomic E-state index is 13.1. The van der Waals surface area contributed by atoms with Crippen LogP contribution in [0.25, 0.3) is 10.9 Å². The largest absolute Gasteiger partial charge is 0.351 e. The van der Waals surface area contributed by atoms with Gasteiger partial charge in [0.1, 0.15) is 5.69 Å². The first-order valence-corrected chi connectivity index (χ1v) is 12.6. The number of aryl methyl sites for hydroxylation is 1. The molecule has 2 aromatic heterocycles. The Balaban J connectivity index is 1.29. The number of aromatic amines is 1. The maximum Gasteiger partial charge on any atom is 0.280 e. The number of benzene rings is 1. The second-order valence-electron chi connectivity index (χ2n) is 9.73. The number of carbonyl (C=O) groups is 2. The average Bonchev–Trinajstić information content (AvgIpc) is 3.39. The van der Waals surface area contributed by atoms with Crippen LogP contribution in [-0.2, 0) is 13.0 Å². The molecular formula is C25H31N5O2S.